The van der Waals surface area contributed by atoms with Gasteiger partial charge in [-0.05, 0) is 37.3 Å². The number of unbranched alkanes of at least 4 members (excludes halogenated alkanes) is 1. The minimum atomic E-state index is -4.29. The number of rotatable bonds is 13. The number of aliphatic imine (C=N–C) groups is 1. The number of allylic oxidation sites excluding steroid dienone is 6. The first kappa shape index (κ1) is 26.7. The topological polar surface area (TPSA) is 38.5 Å². The van der Waals surface area contributed by atoms with E-state index in [1.54, 1.807) is 31.2 Å². The molecule has 0 spiro atoms. The minimum Gasteiger partial charge on any atom is -0.488 e. The van der Waals surface area contributed by atoms with E-state index in [0.717, 1.165) is 41.2 Å². The second-order valence-electron chi connectivity index (χ2n) is 7.58. The molecule has 0 aliphatic carbocycles. The van der Waals surface area contributed by atoms with Crippen molar-refractivity contribution in [3.05, 3.63) is 64.7 Å². The Kier molecular flexibility index (Phi) is 10.7. The summed E-state index contributed by atoms with van der Waals surface area (Å²) in [5, 5.41) is 3.34. The Morgan fingerprint density at radius 2 is 2.21 bits per heavy atom. The van der Waals surface area contributed by atoms with Crippen molar-refractivity contribution in [3.63, 3.8) is 0 Å². The van der Waals surface area contributed by atoms with Gasteiger partial charge in [-0.15, -0.1) is 18.3 Å². The molecular formula is C25H32F3N3OS. The first-order chi connectivity index (χ1) is 15.8. The molecule has 0 amide bonds. The van der Waals surface area contributed by atoms with Gasteiger partial charge >= 0.3 is 6.18 Å². The summed E-state index contributed by atoms with van der Waals surface area (Å²) in [5.74, 6) is 1.94. The lowest BCUT2D eigenvalue weighted by atomic mass is 10.1. The van der Waals surface area contributed by atoms with E-state index in [0.29, 0.717) is 30.6 Å². The summed E-state index contributed by atoms with van der Waals surface area (Å²) in [6.07, 6.45) is 7.73. The van der Waals surface area contributed by atoms with Crippen molar-refractivity contribution in [3.8, 4) is 0 Å². The third kappa shape index (κ3) is 8.71. The molecular weight excluding hydrogens is 447 g/mol. The number of hydrogen-bond acceptors (Lipinski definition) is 4. The normalized spacial score (nSPS) is 15.0. The molecule has 2 rings (SSSR count). The third-order valence-corrected chi connectivity index (χ3v) is 6.46. The van der Waals surface area contributed by atoms with Gasteiger partial charge in [0.15, 0.2) is 5.76 Å². The maximum absolute atomic E-state index is 12.5. The van der Waals surface area contributed by atoms with Crippen molar-refractivity contribution in [2.45, 2.75) is 45.3 Å². The van der Waals surface area contributed by atoms with Crippen LogP contribution in [0, 0.1) is 5.92 Å². The maximum atomic E-state index is 12.5. The van der Waals surface area contributed by atoms with Crippen LogP contribution in [0.15, 0.2) is 64.2 Å². The number of aromatic nitrogens is 1. The molecule has 0 fully saturated rings. The van der Waals surface area contributed by atoms with Crippen LogP contribution in [0.1, 0.15) is 38.2 Å². The first-order valence-corrected chi connectivity index (χ1v) is 11.9. The SMILES string of the molecule is C=CC(C/C=C/C(F)(F)F)CS/C(Cn1ccc2c1N=CC(OC)=C=C2)=C(/CCCC)NC. The zero-order chi connectivity index (χ0) is 24.3. The van der Waals surface area contributed by atoms with Gasteiger partial charge in [-0.2, -0.15) is 13.2 Å². The van der Waals surface area contributed by atoms with E-state index in [-0.39, 0.29) is 5.92 Å². The van der Waals surface area contributed by atoms with E-state index in [4.69, 9.17) is 4.74 Å². The van der Waals surface area contributed by atoms with Crippen LogP contribution in [0.5, 0.6) is 0 Å². The van der Waals surface area contributed by atoms with Crippen LogP contribution in [0.25, 0.3) is 6.08 Å². The lowest BCUT2D eigenvalue weighted by molar-refractivity contribution is -0.0800. The van der Waals surface area contributed by atoms with E-state index in [1.165, 1.54) is 6.08 Å². The van der Waals surface area contributed by atoms with Gasteiger partial charge in [-0.3, -0.25) is 0 Å². The molecule has 1 atom stereocenters. The maximum Gasteiger partial charge on any atom is 0.409 e. The number of methoxy groups -OCH3 is 1. The minimum absolute atomic E-state index is 0.0657. The summed E-state index contributed by atoms with van der Waals surface area (Å²) < 4.78 is 44.7. The summed E-state index contributed by atoms with van der Waals surface area (Å²) in [4.78, 5) is 5.71. The lowest BCUT2D eigenvalue weighted by Gasteiger charge is -2.19. The van der Waals surface area contributed by atoms with Gasteiger partial charge in [0.25, 0.3) is 0 Å². The largest absolute Gasteiger partial charge is 0.488 e. The van der Waals surface area contributed by atoms with Crippen molar-refractivity contribution in [1.29, 1.82) is 0 Å². The van der Waals surface area contributed by atoms with Crippen LogP contribution < -0.4 is 5.32 Å². The van der Waals surface area contributed by atoms with E-state index in [9.17, 15) is 13.2 Å². The molecule has 4 nitrogen and oxygen atoms in total. The van der Waals surface area contributed by atoms with Gasteiger partial charge in [0.05, 0.1) is 19.9 Å². The Hall–Kier alpha value is -2.57. The molecule has 0 radical (unpaired) electrons. The predicted molar refractivity (Wildman–Crippen MR) is 133 cm³/mol. The summed E-state index contributed by atoms with van der Waals surface area (Å²) in [5.41, 5.74) is 5.16. The number of hydrogen-bond donors (Lipinski definition) is 1. The van der Waals surface area contributed by atoms with Crippen molar-refractivity contribution in [2.75, 3.05) is 19.9 Å². The van der Waals surface area contributed by atoms with E-state index >= 15 is 0 Å². The van der Waals surface area contributed by atoms with Crippen molar-refractivity contribution >= 4 is 29.9 Å². The quantitative estimate of drug-likeness (QED) is 0.244. The zero-order valence-electron chi connectivity index (χ0n) is 19.4. The number of fused-ring (bicyclic) bond motifs is 1. The highest BCUT2D eigenvalue weighted by atomic mass is 32.2. The van der Waals surface area contributed by atoms with Crippen LogP contribution in [0.4, 0.5) is 19.0 Å². The summed E-state index contributed by atoms with van der Waals surface area (Å²) in [7, 11) is 3.49. The van der Waals surface area contributed by atoms with Crippen LogP contribution >= 0.6 is 11.8 Å². The van der Waals surface area contributed by atoms with Crippen molar-refractivity contribution in [2.24, 2.45) is 10.9 Å². The second-order valence-corrected chi connectivity index (χ2v) is 8.69. The van der Waals surface area contributed by atoms with E-state index < -0.39 is 6.18 Å². The van der Waals surface area contributed by atoms with Crippen LogP contribution in [-0.2, 0) is 11.3 Å². The molecule has 0 saturated carbocycles. The monoisotopic (exact) mass is 479 g/mol. The fraction of sp³-hybridized carbons (Fsp3) is 0.440. The average molecular weight is 480 g/mol. The number of nitrogens with zero attached hydrogens (tertiary/aromatic N) is 2. The molecule has 1 N–H and O–H groups in total. The second kappa shape index (κ2) is 13.2. The van der Waals surface area contributed by atoms with Gasteiger partial charge in [-0.1, -0.05) is 31.2 Å². The number of thioether (sulfide) groups is 1. The Balaban J connectivity index is 2.23. The number of ether oxygens (including phenoxy) is 1. The number of alkyl halides is 3. The Labute approximate surface area is 198 Å². The molecule has 0 bridgehead atoms. The third-order valence-electron chi connectivity index (χ3n) is 5.14. The van der Waals surface area contributed by atoms with E-state index in [2.05, 4.69) is 34.1 Å². The van der Waals surface area contributed by atoms with Gasteiger partial charge < -0.3 is 14.6 Å². The highest BCUT2D eigenvalue weighted by Crippen LogP contribution is 2.31. The highest BCUT2D eigenvalue weighted by molar-refractivity contribution is 8.03. The standard InChI is InChI=1S/C25H32F3N3OS/c1-5-7-10-22(29-3)23(33-18-19(6-2)9-8-14-25(26,27)28)17-31-15-13-20-11-12-21(32-4)16-30-24(20)31/h6,8,11,13-16,19,29H,2,5,7,9-10,17-18H2,1,3-4H3/b14-8+,23-22-. The molecule has 2 heterocycles. The Morgan fingerprint density at radius 1 is 1.42 bits per heavy atom. The summed E-state index contributed by atoms with van der Waals surface area (Å²) in [6.45, 7) is 6.57. The molecule has 1 aromatic rings. The smallest absolute Gasteiger partial charge is 0.409 e. The molecule has 0 aromatic carbocycles. The molecule has 0 saturated heterocycles. The molecule has 1 aliphatic rings. The fourth-order valence-electron chi connectivity index (χ4n) is 3.24. The summed E-state index contributed by atoms with van der Waals surface area (Å²) in [6, 6.07) is 1.99. The zero-order valence-corrected chi connectivity index (χ0v) is 20.2. The van der Waals surface area contributed by atoms with Crippen LogP contribution in [0.3, 0.4) is 0 Å². The molecule has 1 unspecified atom stereocenters. The first-order valence-electron chi connectivity index (χ1n) is 10.9. The van der Waals surface area contributed by atoms with Crippen LogP contribution in [0.2, 0.25) is 0 Å². The molecule has 1 aliphatic heterocycles. The highest BCUT2D eigenvalue weighted by Gasteiger charge is 2.22. The van der Waals surface area contributed by atoms with Crippen LogP contribution in [-0.4, -0.2) is 36.9 Å². The average Bonchev–Trinajstić information content (AvgIpc) is 3.04. The Morgan fingerprint density at radius 3 is 2.85 bits per heavy atom. The van der Waals surface area contributed by atoms with Gasteiger partial charge in [-0.25, -0.2) is 4.99 Å². The molecule has 8 heteroatoms. The number of halogens is 3. The van der Waals surface area contributed by atoms with E-state index in [1.807, 2.05) is 25.4 Å². The number of nitrogens with one attached hydrogen (secondary N) is 1. The Bertz CT molecular complexity index is 951. The predicted octanol–water partition coefficient (Wildman–Crippen LogP) is 7.01. The van der Waals surface area contributed by atoms with Gasteiger partial charge in [0.2, 0.25) is 0 Å². The molecule has 180 valence electrons. The van der Waals surface area contributed by atoms with Gasteiger partial charge in [0.1, 0.15) is 5.82 Å². The fourth-order valence-corrected chi connectivity index (χ4v) is 4.54. The van der Waals surface area contributed by atoms with Crippen molar-refractivity contribution in [1.82, 2.24) is 9.88 Å². The molecule has 33 heavy (non-hydrogen) atoms. The summed E-state index contributed by atoms with van der Waals surface area (Å²) >= 11 is 1.66. The van der Waals surface area contributed by atoms with Gasteiger partial charge in [0, 0.05) is 41.2 Å². The lowest BCUT2D eigenvalue weighted by Crippen LogP contribution is -2.13. The molecule has 1 aromatic heterocycles. The van der Waals surface area contributed by atoms with Crippen molar-refractivity contribution < 1.29 is 17.9 Å².